The van der Waals surface area contributed by atoms with Crippen LogP contribution in [-0.2, 0) is 29.1 Å². The number of hydrogen-bond donors (Lipinski definition) is 2. The van der Waals surface area contributed by atoms with E-state index in [1.54, 1.807) is 4.90 Å². The van der Waals surface area contributed by atoms with Crippen molar-refractivity contribution in [3.63, 3.8) is 0 Å². The van der Waals surface area contributed by atoms with Crippen LogP contribution >= 0.6 is 0 Å². The largest absolute Gasteiger partial charge is 0.455 e. The van der Waals surface area contributed by atoms with Gasteiger partial charge in [0.25, 0.3) is 0 Å². The van der Waals surface area contributed by atoms with Gasteiger partial charge in [0.2, 0.25) is 11.8 Å². The highest BCUT2D eigenvalue weighted by atomic mass is 16.5. The molecule has 0 radical (unpaired) electrons. The second kappa shape index (κ2) is 14.6. The monoisotopic (exact) mass is 645 g/mol. The number of carbonyl (C=O) groups excluding carboxylic acids is 2. The third-order valence-corrected chi connectivity index (χ3v) is 9.25. The Morgan fingerprint density at radius 3 is 2.39 bits per heavy atom. The summed E-state index contributed by atoms with van der Waals surface area (Å²) in [5.41, 5.74) is 13.1. The fourth-order valence-corrected chi connectivity index (χ4v) is 6.72. The summed E-state index contributed by atoms with van der Waals surface area (Å²) in [5.74, 6) is 0.896. The van der Waals surface area contributed by atoms with E-state index in [9.17, 15) is 9.59 Å². The Balaban J connectivity index is 1.13. The molecule has 1 aliphatic carbocycles. The first-order valence-corrected chi connectivity index (χ1v) is 16.9. The summed E-state index contributed by atoms with van der Waals surface area (Å²) >= 11 is 0. The van der Waals surface area contributed by atoms with Crippen molar-refractivity contribution < 1.29 is 14.3 Å². The van der Waals surface area contributed by atoms with Crippen LogP contribution < -0.4 is 20.7 Å². The molecule has 2 amide bonds. The molecule has 0 aliphatic heterocycles. The van der Waals surface area contributed by atoms with E-state index < -0.39 is 0 Å². The van der Waals surface area contributed by atoms with Gasteiger partial charge < -0.3 is 20.7 Å². The summed E-state index contributed by atoms with van der Waals surface area (Å²) < 4.78 is 6.36. The second-order valence-corrected chi connectivity index (χ2v) is 12.5. The zero-order valence-electron chi connectivity index (χ0n) is 27.3. The average molecular weight is 646 g/mol. The smallest absolute Gasteiger partial charge is 0.227 e. The summed E-state index contributed by atoms with van der Waals surface area (Å²) in [4.78, 5) is 29.0. The van der Waals surface area contributed by atoms with Gasteiger partial charge in [-0.15, -0.1) is 0 Å². The SMILES string of the molecule is NCc1cccc(Oc2ccccc2N(Cc2ccc(-c3cccc4ccccc34)cc2)C(=O)CCC(=O)NC2CCc3ccccc32)c1. The maximum Gasteiger partial charge on any atom is 0.227 e. The molecule has 6 nitrogen and oxygen atoms in total. The number of anilines is 1. The number of para-hydroxylation sites is 2. The predicted molar refractivity (Wildman–Crippen MR) is 196 cm³/mol. The van der Waals surface area contributed by atoms with Gasteiger partial charge in [-0.3, -0.25) is 9.59 Å². The molecule has 1 atom stereocenters. The van der Waals surface area contributed by atoms with Gasteiger partial charge in [-0.05, 0) is 81.3 Å². The molecule has 3 N–H and O–H groups in total. The maximum absolute atomic E-state index is 14.1. The molecule has 0 fully saturated rings. The van der Waals surface area contributed by atoms with Gasteiger partial charge in [0.15, 0.2) is 5.75 Å². The molecule has 244 valence electrons. The van der Waals surface area contributed by atoms with E-state index in [1.807, 2.05) is 60.7 Å². The van der Waals surface area contributed by atoms with Crippen LogP contribution in [0, 0.1) is 0 Å². The summed E-state index contributed by atoms with van der Waals surface area (Å²) in [6.45, 7) is 0.711. The van der Waals surface area contributed by atoms with Gasteiger partial charge >= 0.3 is 0 Å². The lowest BCUT2D eigenvalue weighted by atomic mass is 9.97. The van der Waals surface area contributed by atoms with Gasteiger partial charge in [0.1, 0.15) is 5.75 Å². The van der Waals surface area contributed by atoms with Crippen LogP contribution in [0.2, 0.25) is 0 Å². The van der Waals surface area contributed by atoms with E-state index in [0.717, 1.165) is 35.1 Å². The van der Waals surface area contributed by atoms with Crippen molar-refractivity contribution in [2.24, 2.45) is 5.73 Å². The topological polar surface area (TPSA) is 84.7 Å². The van der Waals surface area contributed by atoms with E-state index in [1.165, 1.54) is 21.9 Å². The lowest BCUT2D eigenvalue weighted by molar-refractivity contribution is -0.125. The number of hydrogen-bond acceptors (Lipinski definition) is 4. The number of amides is 2. The van der Waals surface area contributed by atoms with Gasteiger partial charge in [-0.1, -0.05) is 115 Å². The Morgan fingerprint density at radius 2 is 1.51 bits per heavy atom. The highest BCUT2D eigenvalue weighted by molar-refractivity contribution is 5.98. The second-order valence-electron chi connectivity index (χ2n) is 12.5. The minimum absolute atomic E-state index is 0.0198. The Kier molecular flexibility index (Phi) is 9.48. The van der Waals surface area contributed by atoms with Crippen LogP contribution in [0.4, 0.5) is 5.69 Å². The number of fused-ring (bicyclic) bond motifs is 2. The summed E-state index contributed by atoms with van der Waals surface area (Å²) in [5, 5.41) is 5.55. The van der Waals surface area contributed by atoms with Crippen molar-refractivity contribution >= 4 is 28.3 Å². The predicted octanol–water partition coefficient (Wildman–Crippen LogP) is 8.87. The van der Waals surface area contributed by atoms with E-state index in [4.69, 9.17) is 10.5 Å². The highest BCUT2D eigenvalue weighted by Gasteiger charge is 2.25. The Morgan fingerprint density at radius 1 is 0.755 bits per heavy atom. The molecule has 6 aromatic carbocycles. The molecule has 0 heterocycles. The molecule has 1 aliphatic rings. The summed E-state index contributed by atoms with van der Waals surface area (Å²) in [6.07, 6.45) is 1.97. The van der Waals surface area contributed by atoms with Crippen molar-refractivity contribution in [2.45, 2.75) is 44.8 Å². The molecule has 0 spiro atoms. The summed E-state index contributed by atoms with van der Waals surface area (Å²) in [6, 6.07) is 46.4. The Labute approximate surface area is 287 Å². The molecule has 0 saturated heterocycles. The van der Waals surface area contributed by atoms with Crippen LogP contribution in [0.5, 0.6) is 11.5 Å². The van der Waals surface area contributed by atoms with Crippen molar-refractivity contribution in [2.75, 3.05) is 4.90 Å². The lowest BCUT2D eigenvalue weighted by Gasteiger charge is -2.26. The minimum atomic E-state index is -0.160. The van der Waals surface area contributed by atoms with Crippen molar-refractivity contribution in [1.29, 1.82) is 0 Å². The van der Waals surface area contributed by atoms with Crippen LogP contribution in [0.3, 0.4) is 0 Å². The third-order valence-electron chi connectivity index (χ3n) is 9.25. The first kappa shape index (κ1) is 31.9. The number of nitrogens with one attached hydrogen (secondary N) is 1. The minimum Gasteiger partial charge on any atom is -0.455 e. The van der Waals surface area contributed by atoms with E-state index in [0.29, 0.717) is 30.3 Å². The zero-order chi connectivity index (χ0) is 33.6. The fourth-order valence-electron chi connectivity index (χ4n) is 6.72. The molecule has 0 bridgehead atoms. The van der Waals surface area contributed by atoms with Crippen LogP contribution in [-0.4, -0.2) is 11.8 Å². The van der Waals surface area contributed by atoms with Crippen molar-refractivity contribution in [3.8, 4) is 22.6 Å². The number of nitrogens with two attached hydrogens (primary N) is 1. The maximum atomic E-state index is 14.1. The van der Waals surface area contributed by atoms with Gasteiger partial charge in [-0.25, -0.2) is 0 Å². The standard InChI is InChI=1S/C43H39N3O3/c44-28-31-9-7-13-35(27-31)49-41-18-6-5-17-40(41)46(43(48)26-25-42(47)45-39-24-23-33-11-2-4-15-38(33)39)29-30-19-21-34(22-20-30)37-16-8-12-32-10-1-3-14-36(32)37/h1-22,27,39H,23-26,28-29,44H2,(H,45,47). The molecule has 6 aromatic rings. The normalized spacial score (nSPS) is 13.5. The van der Waals surface area contributed by atoms with E-state index in [-0.39, 0.29) is 30.7 Å². The van der Waals surface area contributed by atoms with E-state index >= 15 is 0 Å². The molecular formula is C43H39N3O3. The summed E-state index contributed by atoms with van der Waals surface area (Å²) in [7, 11) is 0. The van der Waals surface area contributed by atoms with E-state index in [2.05, 4.69) is 84.2 Å². The first-order chi connectivity index (χ1) is 24.1. The van der Waals surface area contributed by atoms with Crippen molar-refractivity contribution in [3.05, 3.63) is 162 Å². The average Bonchev–Trinajstić information content (AvgIpc) is 3.55. The number of benzene rings is 6. The number of carbonyl (C=O) groups is 2. The molecule has 0 saturated carbocycles. The van der Waals surface area contributed by atoms with Gasteiger partial charge in [0, 0.05) is 19.4 Å². The number of aryl methyl sites for hydroxylation is 1. The Bertz CT molecular complexity index is 2100. The lowest BCUT2D eigenvalue weighted by Crippen LogP contribution is -2.33. The Hall–Kier alpha value is -5.72. The number of ether oxygens (including phenoxy) is 1. The quantitative estimate of drug-likeness (QED) is 0.147. The van der Waals surface area contributed by atoms with Gasteiger partial charge in [-0.2, -0.15) is 0 Å². The molecular weight excluding hydrogens is 606 g/mol. The van der Waals surface area contributed by atoms with Crippen LogP contribution in [0.1, 0.15) is 47.6 Å². The molecule has 49 heavy (non-hydrogen) atoms. The van der Waals surface area contributed by atoms with Crippen LogP contribution in [0.15, 0.2) is 140 Å². The molecule has 6 heteroatoms. The first-order valence-electron chi connectivity index (χ1n) is 16.9. The third kappa shape index (κ3) is 7.25. The molecule has 0 aromatic heterocycles. The van der Waals surface area contributed by atoms with Gasteiger partial charge in [0.05, 0.1) is 18.3 Å². The highest BCUT2D eigenvalue weighted by Crippen LogP contribution is 2.35. The zero-order valence-corrected chi connectivity index (χ0v) is 27.3. The van der Waals surface area contributed by atoms with Crippen LogP contribution in [0.25, 0.3) is 21.9 Å². The number of rotatable bonds is 11. The molecule has 1 unspecified atom stereocenters. The number of nitrogens with zero attached hydrogens (tertiary/aromatic N) is 1. The molecule has 7 rings (SSSR count). The van der Waals surface area contributed by atoms with Crippen molar-refractivity contribution in [1.82, 2.24) is 5.32 Å². The fraction of sp³-hybridized carbons (Fsp3) is 0.163.